The number of likely N-dealkylation sites (tertiary alicyclic amines) is 1. The lowest BCUT2D eigenvalue weighted by Gasteiger charge is -2.22. The number of nitrogens with zero attached hydrogens (tertiary/aromatic N) is 5. The van der Waals surface area contributed by atoms with Crippen molar-refractivity contribution in [2.75, 3.05) is 44.7 Å². The molecule has 0 bridgehead atoms. The lowest BCUT2D eigenvalue weighted by atomic mass is 10.3. The van der Waals surface area contributed by atoms with Gasteiger partial charge in [-0.2, -0.15) is 0 Å². The van der Waals surface area contributed by atoms with Gasteiger partial charge in [0.25, 0.3) is 11.8 Å². The average molecular weight is 415 g/mol. The monoisotopic (exact) mass is 415 g/mol. The van der Waals surface area contributed by atoms with Crippen molar-refractivity contribution in [3.8, 4) is 11.8 Å². The summed E-state index contributed by atoms with van der Waals surface area (Å²) in [6, 6.07) is 5.48. The number of rotatable bonds is 6. The fourth-order valence-electron chi connectivity index (χ4n) is 3.60. The molecular formula is C20H22FN5O4. The second-order valence-corrected chi connectivity index (χ2v) is 7.07. The summed E-state index contributed by atoms with van der Waals surface area (Å²) in [6.07, 6.45) is 3.46. The summed E-state index contributed by atoms with van der Waals surface area (Å²) in [7, 11) is 1.49. The minimum absolute atomic E-state index is 0.00227. The molecule has 2 saturated heterocycles. The van der Waals surface area contributed by atoms with E-state index in [9.17, 15) is 14.0 Å². The Morgan fingerprint density at radius 1 is 1.13 bits per heavy atom. The van der Waals surface area contributed by atoms with Gasteiger partial charge in [-0.1, -0.05) is 0 Å². The van der Waals surface area contributed by atoms with E-state index in [1.54, 1.807) is 21.9 Å². The number of carbonyl (C=O) groups excluding carboxylic acids is 2. The van der Waals surface area contributed by atoms with Gasteiger partial charge in [0, 0.05) is 44.1 Å². The van der Waals surface area contributed by atoms with Crippen LogP contribution in [0.3, 0.4) is 0 Å². The number of urea groups is 1. The van der Waals surface area contributed by atoms with E-state index in [1.807, 2.05) is 0 Å². The topological polar surface area (TPSA) is 88.1 Å². The third-order valence-corrected chi connectivity index (χ3v) is 5.16. The highest BCUT2D eigenvalue weighted by Crippen LogP contribution is 2.24. The summed E-state index contributed by atoms with van der Waals surface area (Å²) in [6.45, 7) is 1.83. The Hall–Kier alpha value is -3.43. The lowest BCUT2D eigenvalue weighted by molar-refractivity contribution is -0.130. The number of hydrogen-bond donors (Lipinski definition) is 0. The molecule has 2 aliphatic rings. The quantitative estimate of drug-likeness (QED) is 0.711. The molecule has 3 amide bonds. The fraction of sp³-hybridized carbons (Fsp3) is 0.400. The first-order chi connectivity index (χ1) is 14.5. The summed E-state index contributed by atoms with van der Waals surface area (Å²) < 4.78 is 24.1. The molecule has 9 nitrogen and oxygen atoms in total. The van der Waals surface area contributed by atoms with Crippen LogP contribution in [-0.2, 0) is 4.79 Å². The summed E-state index contributed by atoms with van der Waals surface area (Å²) in [4.78, 5) is 38.3. The van der Waals surface area contributed by atoms with Crippen molar-refractivity contribution >= 4 is 17.6 Å². The van der Waals surface area contributed by atoms with Gasteiger partial charge < -0.3 is 19.3 Å². The molecule has 30 heavy (non-hydrogen) atoms. The fourth-order valence-corrected chi connectivity index (χ4v) is 3.60. The van der Waals surface area contributed by atoms with Crippen molar-refractivity contribution in [3.63, 3.8) is 0 Å². The molecule has 0 saturated carbocycles. The van der Waals surface area contributed by atoms with Gasteiger partial charge in [-0.3, -0.25) is 9.69 Å². The van der Waals surface area contributed by atoms with Gasteiger partial charge >= 0.3 is 6.03 Å². The number of amides is 3. The molecule has 0 N–H and O–H groups in total. The van der Waals surface area contributed by atoms with Gasteiger partial charge in [-0.15, -0.1) is 0 Å². The first-order valence-electron chi connectivity index (χ1n) is 9.66. The van der Waals surface area contributed by atoms with E-state index < -0.39 is 0 Å². The predicted molar refractivity (Wildman–Crippen MR) is 105 cm³/mol. The number of methoxy groups -OCH3 is 1. The molecule has 0 radical (unpaired) electrons. The normalized spacial score (nSPS) is 18.8. The maximum atomic E-state index is 13.1. The molecule has 10 heteroatoms. The molecule has 1 aromatic carbocycles. The second-order valence-electron chi connectivity index (χ2n) is 7.07. The van der Waals surface area contributed by atoms with Crippen molar-refractivity contribution in [1.82, 2.24) is 19.8 Å². The Labute approximate surface area is 173 Å². The van der Waals surface area contributed by atoms with E-state index in [1.165, 1.54) is 36.5 Å². The molecule has 3 heterocycles. The Bertz CT molecular complexity index is 926. The van der Waals surface area contributed by atoms with Gasteiger partial charge in [-0.05, 0) is 24.3 Å². The number of carbonyl (C=O) groups is 2. The Morgan fingerprint density at radius 3 is 2.60 bits per heavy atom. The van der Waals surface area contributed by atoms with Crippen LogP contribution in [0, 0.1) is 5.82 Å². The molecule has 1 unspecified atom stereocenters. The molecule has 2 aliphatic heterocycles. The standard InChI is InChI=1S/C20H22FN5O4/c1-29-18-19(23-8-7-22-18)30-16-6-9-24(12-16)17(27)13-25-10-11-26(20(25)28)15-4-2-14(21)3-5-15/h2-5,7-8,16H,6,9-13H2,1H3. The third kappa shape index (κ3) is 4.12. The van der Waals surface area contributed by atoms with Crippen molar-refractivity contribution in [2.24, 2.45) is 0 Å². The molecule has 1 aromatic heterocycles. The van der Waals surface area contributed by atoms with Crippen LogP contribution in [0.4, 0.5) is 14.9 Å². The number of benzene rings is 1. The Balaban J connectivity index is 1.31. The molecule has 0 aliphatic carbocycles. The number of hydrogen-bond acceptors (Lipinski definition) is 6. The number of anilines is 1. The van der Waals surface area contributed by atoms with Gasteiger partial charge in [0.05, 0.1) is 13.7 Å². The minimum Gasteiger partial charge on any atom is -0.477 e. The zero-order valence-corrected chi connectivity index (χ0v) is 16.5. The van der Waals surface area contributed by atoms with Crippen molar-refractivity contribution in [1.29, 1.82) is 0 Å². The highest BCUT2D eigenvalue weighted by atomic mass is 19.1. The number of ether oxygens (including phenoxy) is 2. The molecule has 2 fully saturated rings. The highest BCUT2D eigenvalue weighted by Gasteiger charge is 2.34. The van der Waals surface area contributed by atoms with Gasteiger partial charge in [0.1, 0.15) is 18.5 Å². The molecule has 158 valence electrons. The maximum Gasteiger partial charge on any atom is 0.325 e. The van der Waals surface area contributed by atoms with Gasteiger partial charge in [0.2, 0.25) is 5.91 Å². The highest BCUT2D eigenvalue weighted by molar-refractivity contribution is 5.96. The molecule has 0 spiro atoms. The van der Waals surface area contributed by atoms with Crippen LogP contribution in [0.1, 0.15) is 6.42 Å². The SMILES string of the molecule is COc1nccnc1OC1CCN(C(=O)CN2CCN(c3ccc(F)cc3)C2=O)C1. The van der Waals surface area contributed by atoms with Crippen LogP contribution in [-0.4, -0.2) is 77.6 Å². The van der Waals surface area contributed by atoms with E-state index in [4.69, 9.17) is 9.47 Å². The molecule has 1 atom stereocenters. The second kappa shape index (κ2) is 8.52. The summed E-state index contributed by atoms with van der Waals surface area (Å²) >= 11 is 0. The van der Waals surface area contributed by atoms with Gasteiger partial charge in [0.15, 0.2) is 0 Å². The van der Waals surface area contributed by atoms with Crippen molar-refractivity contribution in [3.05, 3.63) is 42.5 Å². The van der Waals surface area contributed by atoms with Crippen LogP contribution in [0.25, 0.3) is 0 Å². The van der Waals surface area contributed by atoms with Crippen molar-refractivity contribution < 1.29 is 23.5 Å². The first kappa shape index (κ1) is 19.9. The van der Waals surface area contributed by atoms with Crippen LogP contribution >= 0.6 is 0 Å². The zero-order valence-electron chi connectivity index (χ0n) is 16.5. The number of aromatic nitrogens is 2. The van der Waals surface area contributed by atoms with Crippen molar-refractivity contribution in [2.45, 2.75) is 12.5 Å². The lowest BCUT2D eigenvalue weighted by Crippen LogP contribution is -2.42. The van der Waals surface area contributed by atoms with Crippen LogP contribution in [0.15, 0.2) is 36.7 Å². The van der Waals surface area contributed by atoms with Gasteiger partial charge in [-0.25, -0.2) is 19.2 Å². The van der Waals surface area contributed by atoms with Crippen LogP contribution < -0.4 is 14.4 Å². The molecule has 2 aromatic rings. The summed E-state index contributed by atoms with van der Waals surface area (Å²) in [5, 5.41) is 0. The smallest absolute Gasteiger partial charge is 0.325 e. The van der Waals surface area contributed by atoms with E-state index in [0.717, 1.165) is 0 Å². The number of halogens is 1. The zero-order chi connectivity index (χ0) is 21.1. The van der Waals surface area contributed by atoms with E-state index in [2.05, 4.69) is 9.97 Å². The first-order valence-corrected chi connectivity index (χ1v) is 9.66. The summed E-state index contributed by atoms with van der Waals surface area (Å²) in [5.41, 5.74) is 0.615. The maximum absolute atomic E-state index is 13.1. The Morgan fingerprint density at radius 2 is 1.87 bits per heavy atom. The largest absolute Gasteiger partial charge is 0.477 e. The Kier molecular flexibility index (Phi) is 5.64. The van der Waals surface area contributed by atoms with E-state index in [-0.39, 0.29) is 30.4 Å². The molecular weight excluding hydrogens is 393 g/mol. The minimum atomic E-state index is -0.359. The van der Waals surface area contributed by atoms with Crippen LogP contribution in [0.2, 0.25) is 0 Å². The molecule has 4 rings (SSSR count). The summed E-state index contributed by atoms with van der Waals surface area (Å²) in [5.74, 6) is 0.0960. The van der Waals surface area contributed by atoms with E-state index >= 15 is 0 Å². The van der Waals surface area contributed by atoms with E-state index in [0.29, 0.717) is 50.0 Å². The van der Waals surface area contributed by atoms with Crippen LogP contribution in [0.5, 0.6) is 11.8 Å². The predicted octanol–water partition coefficient (Wildman–Crippen LogP) is 1.55. The third-order valence-electron chi connectivity index (χ3n) is 5.16. The average Bonchev–Trinajstić information content (AvgIpc) is 3.36.